The molecule has 1 unspecified atom stereocenters. The van der Waals surface area contributed by atoms with Crippen LogP contribution in [0.4, 0.5) is 10.1 Å². The second-order valence-electron chi connectivity index (χ2n) is 7.53. The lowest BCUT2D eigenvalue weighted by Crippen LogP contribution is -2.44. The van der Waals surface area contributed by atoms with Crippen molar-refractivity contribution >= 4 is 38.3 Å². The zero-order chi connectivity index (χ0) is 21.5. The molecule has 1 aliphatic heterocycles. The van der Waals surface area contributed by atoms with Crippen molar-refractivity contribution in [3.05, 3.63) is 76.0 Å². The van der Waals surface area contributed by atoms with Crippen molar-refractivity contribution in [3.8, 4) is 0 Å². The number of likely N-dealkylation sites (N-methyl/N-ethyl adjacent to an activating group) is 1. The average molecular weight is 471 g/mol. The molecule has 0 fully saturated rings. The fourth-order valence-corrected chi connectivity index (χ4v) is 4.57. The van der Waals surface area contributed by atoms with Gasteiger partial charge in [-0.15, -0.1) is 0 Å². The van der Waals surface area contributed by atoms with E-state index in [1.54, 1.807) is 23.1 Å². The van der Waals surface area contributed by atoms with Crippen LogP contribution >= 0.6 is 15.9 Å². The van der Waals surface area contributed by atoms with Crippen molar-refractivity contribution in [2.24, 2.45) is 0 Å². The van der Waals surface area contributed by atoms with Crippen molar-refractivity contribution in [2.75, 3.05) is 31.1 Å². The van der Waals surface area contributed by atoms with Gasteiger partial charge in [-0.1, -0.05) is 54.0 Å². The van der Waals surface area contributed by atoms with Crippen molar-refractivity contribution < 1.29 is 14.3 Å². The quantitative estimate of drug-likeness (QED) is 0.569. The van der Waals surface area contributed by atoms with Gasteiger partial charge in [-0.05, 0) is 54.2 Å². The molecular formula is C24H24BrFN2O2. The summed E-state index contributed by atoms with van der Waals surface area (Å²) in [5.41, 5.74) is -1.08. The smallest absolute Gasteiger partial charge is 0.268 e. The number of halogens is 2. The van der Waals surface area contributed by atoms with Gasteiger partial charge in [-0.2, -0.15) is 0 Å². The van der Waals surface area contributed by atoms with Gasteiger partial charge in [0.15, 0.2) is 5.60 Å². The monoisotopic (exact) mass is 470 g/mol. The number of carbonyl (C=O) groups is 1. The molecule has 6 heteroatoms. The molecule has 4 nitrogen and oxygen atoms in total. The summed E-state index contributed by atoms with van der Waals surface area (Å²) in [5.74, 6) is -1.11. The molecule has 1 heterocycles. The molecule has 1 atom stereocenters. The van der Waals surface area contributed by atoms with E-state index in [0.29, 0.717) is 24.3 Å². The number of anilines is 1. The maximum absolute atomic E-state index is 15.2. The number of fused-ring (bicyclic) bond motifs is 2. The maximum atomic E-state index is 15.2. The molecule has 3 aromatic carbocycles. The Balaban J connectivity index is 1.84. The van der Waals surface area contributed by atoms with Gasteiger partial charge < -0.3 is 14.9 Å². The summed E-state index contributed by atoms with van der Waals surface area (Å²) >= 11 is 3.43. The maximum Gasteiger partial charge on any atom is 0.268 e. The van der Waals surface area contributed by atoms with E-state index in [-0.39, 0.29) is 5.56 Å². The van der Waals surface area contributed by atoms with E-state index >= 15 is 4.39 Å². The van der Waals surface area contributed by atoms with E-state index in [1.807, 2.05) is 30.3 Å². The highest BCUT2D eigenvalue weighted by Gasteiger charge is 2.52. The first-order valence-corrected chi connectivity index (χ1v) is 10.9. The van der Waals surface area contributed by atoms with E-state index in [0.717, 1.165) is 28.3 Å². The number of hydrogen-bond donors (Lipinski definition) is 1. The molecule has 1 aliphatic rings. The molecule has 0 spiro atoms. The zero-order valence-electron chi connectivity index (χ0n) is 17.0. The van der Waals surface area contributed by atoms with E-state index in [9.17, 15) is 9.90 Å². The lowest BCUT2D eigenvalue weighted by atomic mass is 9.86. The number of benzene rings is 3. The van der Waals surface area contributed by atoms with Crippen molar-refractivity contribution in [1.82, 2.24) is 4.90 Å². The summed E-state index contributed by atoms with van der Waals surface area (Å²) in [4.78, 5) is 17.3. The van der Waals surface area contributed by atoms with Gasteiger partial charge in [0.25, 0.3) is 5.91 Å². The standard InChI is InChI=1S/C24H24BrFN2O2/c1-3-27(4-2)11-12-28-22-10-9-18(25)15-20(22)24(30,23(28)29)19-13-16-7-5-6-8-17(16)14-21(19)26/h5-10,13-15,30H,3-4,11-12H2,1-2H3. The predicted octanol–water partition coefficient (Wildman–Crippen LogP) is 4.67. The highest BCUT2D eigenvalue weighted by Crippen LogP contribution is 2.46. The molecule has 0 radical (unpaired) electrons. The lowest BCUT2D eigenvalue weighted by molar-refractivity contribution is -0.132. The molecule has 3 aromatic rings. The Hall–Kier alpha value is -2.28. The highest BCUT2D eigenvalue weighted by molar-refractivity contribution is 9.10. The number of rotatable bonds is 6. The number of aliphatic hydroxyl groups is 1. The molecule has 30 heavy (non-hydrogen) atoms. The van der Waals surface area contributed by atoms with Crippen LogP contribution in [0.3, 0.4) is 0 Å². The summed E-state index contributed by atoms with van der Waals surface area (Å²) in [5, 5.41) is 13.2. The van der Waals surface area contributed by atoms with Crippen molar-refractivity contribution in [3.63, 3.8) is 0 Å². The second-order valence-corrected chi connectivity index (χ2v) is 8.45. The van der Waals surface area contributed by atoms with Crippen LogP contribution in [-0.2, 0) is 10.4 Å². The summed E-state index contributed by atoms with van der Waals surface area (Å²) in [6.07, 6.45) is 0. The molecule has 1 N–H and O–H groups in total. The predicted molar refractivity (Wildman–Crippen MR) is 121 cm³/mol. The minimum atomic E-state index is -2.07. The van der Waals surface area contributed by atoms with E-state index in [2.05, 4.69) is 34.7 Å². The third kappa shape index (κ3) is 3.33. The molecule has 0 saturated carbocycles. The first kappa shape index (κ1) is 21.0. The van der Waals surface area contributed by atoms with Crippen LogP contribution in [0.25, 0.3) is 10.8 Å². The van der Waals surface area contributed by atoms with Gasteiger partial charge in [0.2, 0.25) is 0 Å². The van der Waals surface area contributed by atoms with Gasteiger partial charge in [0.1, 0.15) is 5.82 Å². The molecule has 0 aliphatic carbocycles. The lowest BCUT2D eigenvalue weighted by Gasteiger charge is -2.26. The first-order valence-electron chi connectivity index (χ1n) is 10.2. The topological polar surface area (TPSA) is 43.8 Å². The zero-order valence-corrected chi connectivity index (χ0v) is 18.6. The molecule has 4 rings (SSSR count). The average Bonchev–Trinajstić information content (AvgIpc) is 2.96. The van der Waals surface area contributed by atoms with Gasteiger partial charge in [-0.3, -0.25) is 4.79 Å². The number of hydrogen-bond acceptors (Lipinski definition) is 3. The Labute approximate surface area is 184 Å². The Morgan fingerprint density at radius 1 is 1.03 bits per heavy atom. The van der Waals surface area contributed by atoms with Crippen LogP contribution in [0.15, 0.2) is 59.1 Å². The molecule has 0 saturated heterocycles. The van der Waals surface area contributed by atoms with E-state index in [4.69, 9.17) is 0 Å². The summed E-state index contributed by atoms with van der Waals surface area (Å²) in [6.45, 7) is 6.98. The highest BCUT2D eigenvalue weighted by atomic mass is 79.9. The van der Waals surface area contributed by atoms with E-state index < -0.39 is 17.3 Å². The summed E-state index contributed by atoms with van der Waals surface area (Å²) < 4.78 is 15.9. The minimum Gasteiger partial charge on any atom is -0.372 e. The van der Waals surface area contributed by atoms with Crippen molar-refractivity contribution in [1.29, 1.82) is 0 Å². The van der Waals surface area contributed by atoms with Crippen LogP contribution in [-0.4, -0.2) is 42.1 Å². The van der Waals surface area contributed by atoms with Crippen molar-refractivity contribution in [2.45, 2.75) is 19.4 Å². The molecular weight excluding hydrogens is 447 g/mol. The van der Waals surface area contributed by atoms with Crippen LogP contribution in [0.1, 0.15) is 25.0 Å². The summed E-state index contributed by atoms with van der Waals surface area (Å²) in [7, 11) is 0. The van der Waals surface area contributed by atoms with Crippen LogP contribution in [0, 0.1) is 5.82 Å². The third-order valence-corrected chi connectivity index (χ3v) is 6.45. The molecule has 156 valence electrons. The number of nitrogens with zero attached hydrogens (tertiary/aromatic N) is 2. The van der Waals surface area contributed by atoms with Crippen LogP contribution in [0.2, 0.25) is 0 Å². The SMILES string of the molecule is CCN(CC)CCN1C(=O)C(O)(c2cc3ccccc3cc2F)c2cc(Br)ccc21. The Kier molecular flexibility index (Phi) is 5.66. The Morgan fingerprint density at radius 2 is 1.70 bits per heavy atom. The Morgan fingerprint density at radius 3 is 2.37 bits per heavy atom. The Bertz CT molecular complexity index is 1120. The fourth-order valence-electron chi connectivity index (χ4n) is 4.21. The van der Waals surface area contributed by atoms with Crippen LogP contribution in [0.5, 0.6) is 0 Å². The van der Waals surface area contributed by atoms with Gasteiger partial charge >= 0.3 is 0 Å². The largest absolute Gasteiger partial charge is 0.372 e. The van der Waals surface area contributed by atoms with Gasteiger partial charge in [-0.25, -0.2) is 4.39 Å². The molecule has 0 aromatic heterocycles. The number of carbonyl (C=O) groups excluding carboxylic acids is 1. The van der Waals surface area contributed by atoms with Gasteiger partial charge in [0.05, 0.1) is 5.69 Å². The van der Waals surface area contributed by atoms with Gasteiger partial charge in [0, 0.05) is 28.7 Å². The normalized spacial score (nSPS) is 18.5. The summed E-state index contributed by atoms with van der Waals surface area (Å²) in [6, 6.07) is 15.6. The van der Waals surface area contributed by atoms with Crippen LogP contribution < -0.4 is 4.90 Å². The minimum absolute atomic E-state index is 0.0177. The van der Waals surface area contributed by atoms with E-state index in [1.165, 1.54) is 6.07 Å². The first-order chi connectivity index (χ1) is 14.4. The molecule has 0 bridgehead atoms. The molecule has 1 amide bonds. The number of amides is 1. The second kappa shape index (κ2) is 8.10. The fraction of sp³-hybridized carbons (Fsp3) is 0.292. The third-order valence-electron chi connectivity index (χ3n) is 5.95.